The highest BCUT2D eigenvalue weighted by molar-refractivity contribution is 5.31. The predicted octanol–water partition coefficient (Wildman–Crippen LogP) is 5.16. The first-order valence-electron chi connectivity index (χ1n) is 9.09. The van der Waals surface area contributed by atoms with Gasteiger partial charge in [-0.3, -0.25) is 0 Å². The summed E-state index contributed by atoms with van der Waals surface area (Å²) in [7, 11) is 0. The highest BCUT2D eigenvalue weighted by Crippen LogP contribution is 2.44. The summed E-state index contributed by atoms with van der Waals surface area (Å²) in [5, 5.41) is 20.6. The van der Waals surface area contributed by atoms with E-state index in [9.17, 15) is 10.4 Å². The van der Waals surface area contributed by atoms with Gasteiger partial charge in [0.25, 0.3) is 0 Å². The van der Waals surface area contributed by atoms with Crippen LogP contribution in [0.2, 0.25) is 0 Å². The van der Waals surface area contributed by atoms with E-state index in [0.29, 0.717) is 6.61 Å². The zero-order chi connectivity index (χ0) is 17.5. The molecule has 25 heavy (non-hydrogen) atoms. The Morgan fingerprint density at radius 3 is 2.20 bits per heavy atom. The first-order chi connectivity index (χ1) is 12.2. The molecule has 2 aromatic carbocycles. The van der Waals surface area contributed by atoms with Crippen LogP contribution >= 0.6 is 0 Å². The lowest BCUT2D eigenvalue weighted by molar-refractivity contribution is 0.0516. The molecule has 3 heteroatoms. The van der Waals surface area contributed by atoms with E-state index in [-0.39, 0.29) is 0 Å². The molecule has 0 heterocycles. The Kier molecular flexibility index (Phi) is 5.73. The number of ether oxygens (including phenoxy) is 1. The summed E-state index contributed by atoms with van der Waals surface area (Å²) < 4.78 is 5.80. The van der Waals surface area contributed by atoms with Crippen LogP contribution in [-0.4, -0.2) is 5.11 Å². The fourth-order valence-corrected chi connectivity index (χ4v) is 3.61. The van der Waals surface area contributed by atoms with E-state index in [1.165, 1.54) is 0 Å². The highest BCUT2D eigenvalue weighted by atomic mass is 16.5. The molecule has 130 valence electrons. The van der Waals surface area contributed by atoms with Gasteiger partial charge in [0, 0.05) is 0 Å². The van der Waals surface area contributed by atoms with Gasteiger partial charge >= 0.3 is 0 Å². The number of nitrogens with zero attached hydrogens (tertiary/aromatic N) is 1. The van der Waals surface area contributed by atoms with E-state index in [4.69, 9.17) is 4.74 Å². The van der Waals surface area contributed by atoms with Crippen molar-refractivity contribution in [2.45, 2.75) is 51.2 Å². The van der Waals surface area contributed by atoms with Gasteiger partial charge in [0.2, 0.25) is 0 Å². The third-order valence-corrected chi connectivity index (χ3v) is 5.19. The molecule has 0 radical (unpaired) electrons. The Hall–Kier alpha value is -2.31. The molecule has 0 amide bonds. The van der Waals surface area contributed by atoms with Crippen molar-refractivity contribution < 1.29 is 9.84 Å². The Balaban J connectivity index is 1.67. The molecule has 0 saturated heterocycles. The zero-order valence-electron chi connectivity index (χ0n) is 14.5. The fourth-order valence-electron chi connectivity index (χ4n) is 3.61. The zero-order valence-corrected chi connectivity index (χ0v) is 14.5. The van der Waals surface area contributed by atoms with Crippen LogP contribution in [0.25, 0.3) is 0 Å². The number of aliphatic hydroxyl groups is 1. The molecular weight excluding hydrogens is 310 g/mol. The van der Waals surface area contributed by atoms with Gasteiger partial charge in [-0.1, -0.05) is 68.1 Å². The van der Waals surface area contributed by atoms with Crippen LogP contribution in [0.15, 0.2) is 54.6 Å². The number of nitriles is 1. The molecule has 1 N–H and O–H groups in total. The van der Waals surface area contributed by atoms with Gasteiger partial charge in [-0.2, -0.15) is 5.26 Å². The monoisotopic (exact) mass is 335 g/mol. The first kappa shape index (κ1) is 17.5. The van der Waals surface area contributed by atoms with E-state index in [1.807, 2.05) is 54.6 Å². The van der Waals surface area contributed by atoms with Crippen molar-refractivity contribution in [3.05, 3.63) is 65.7 Å². The molecule has 1 aliphatic carbocycles. The number of aliphatic hydroxyl groups excluding tert-OH is 1. The summed E-state index contributed by atoms with van der Waals surface area (Å²) >= 11 is 0. The second kappa shape index (κ2) is 8.18. The summed E-state index contributed by atoms with van der Waals surface area (Å²) in [5.41, 5.74) is 1.27. The van der Waals surface area contributed by atoms with Gasteiger partial charge in [0.05, 0.1) is 17.6 Å². The third-order valence-electron chi connectivity index (χ3n) is 5.19. The molecule has 3 rings (SSSR count). The van der Waals surface area contributed by atoms with E-state index in [0.717, 1.165) is 55.4 Å². The predicted molar refractivity (Wildman–Crippen MR) is 97.9 cm³/mol. The number of rotatable bonds is 5. The lowest BCUT2D eigenvalue weighted by atomic mass is 9.74. The van der Waals surface area contributed by atoms with Crippen LogP contribution in [0, 0.1) is 16.7 Å². The Labute approximate surface area is 149 Å². The molecule has 0 bridgehead atoms. The maximum atomic E-state index is 10.9. The second-order valence-electron chi connectivity index (χ2n) is 6.93. The van der Waals surface area contributed by atoms with E-state index in [1.54, 1.807) is 0 Å². The highest BCUT2D eigenvalue weighted by Gasteiger charge is 2.39. The molecule has 1 atom stereocenters. The topological polar surface area (TPSA) is 53.2 Å². The SMILES string of the molecule is N#CC1(C(O)c2ccc(OCc3ccccc3)cc2)CCCCCC1. The van der Waals surface area contributed by atoms with Crippen molar-refractivity contribution in [1.82, 2.24) is 0 Å². The molecule has 1 saturated carbocycles. The third kappa shape index (κ3) is 4.21. The van der Waals surface area contributed by atoms with Crippen molar-refractivity contribution in [2.24, 2.45) is 5.41 Å². The number of hydrogen-bond acceptors (Lipinski definition) is 3. The molecule has 1 fully saturated rings. The largest absolute Gasteiger partial charge is 0.489 e. The molecule has 2 aromatic rings. The molecule has 1 aliphatic rings. The minimum absolute atomic E-state index is 0.519. The Bertz CT molecular complexity index is 695. The smallest absolute Gasteiger partial charge is 0.119 e. The summed E-state index contributed by atoms with van der Waals surface area (Å²) in [5.74, 6) is 0.770. The van der Waals surface area contributed by atoms with E-state index >= 15 is 0 Å². The van der Waals surface area contributed by atoms with Crippen molar-refractivity contribution in [3.8, 4) is 11.8 Å². The summed E-state index contributed by atoms with van der Waals surface area (Å²) in [4.78, 5) is 0. The van der Waals surface area contributed by atoms with Gasteiger partial charge in [-0.25, -0.2) is 0 Å². The summed E-state index contributed by atoms with van der Waals surface area (Å²) in [6, 6.07) is 20.0. The lowest BCUT2D eigenvalue weighted by Gasteiger charge is -2.31. The summed E-state index contributed by atoms with van der Waals surface area (Å²) in [6.07, 6.45) is 5.16. The Morgan fingerprint density at radius 2 is 1.60 bits per heavy atom. The van der Waals surface area contributed by atoms with Crippen molar-refractivity contribution in [3.63, 3.8) is 0 Å². The minimum Gasteiger partial charge on any atom is -0.489 e. The Morgan fingerprint density at radius 1 is 0.960 bits per heavy atom. The normalized spacial score (nSPS) is 17.9. The maximum Gasteiger partial charge on any atom is 0.119 e. The van der Waals surface area contributed by atoms with Gasteiger partial charge in [0.1, 0.15) is 12.4 Å². The van der Waals surface area contributed by atoms with Crippen LogP contribution in [0.1, 0.15) is 55.8 Å². The van der Waals surface area contributed by atoms with Gasteiger partial charge in [-0.15, -0.1) is 0 Å². The fraction of sp³-hybridized carbons (Fsp3) is 0.409. The van der Waals surface area contributed by atoms with Crippen LogP contribution in [0.5, 0.6) is 5.75 Å². The van der Waals surface area contributed by atoms with E-state index in [2.05, 4.69) is 6.07 Å². The molecular formula is C22H25NO2. The van der Waals surface area contributed by atoms with Crippen LogP contribution < -0.4 is 4.74 Å². The molecule has 0 aromatic heterocycles. The minimum atomic E-state index is -0.737. The van der Waals surface area contributed by atoms with Crippen molar-refractivity contribution in [2.75, 3.05) is 0 Å². The molecule has 1 unspecified atom stereocenters. The standard InChI is InChI=1S/C22H25NO2/c23-17-22(14-6-1-2-7-15-22)21(24)19-10-12-20(13-11-19)25-16-18-8-4-3-5-9-18/h3-5,8-13,21,24H,1-2,6-7,14-16H2. The summed E-state index contributed by atoms with van der Waals surface area (Å²) in [6.45, 7) is 0.519. The average molecular weight is 335 g/mol. The van der Waals surface area contributed by atoms with Gasteiger partial charge < -0.3 is 9.84 Å². The van der Waals surface area contributed by atoms with E-state index < -0.39 is 11.5 Å². The molecule has 0 aliphatic heterocycles. The second-order valence-corrected chi connectivity index (χ2v) is 6.93. The molecule has 0 spiro atoms. The quantitative estimate of drug-likeness (QED) is 0.768. The van der Waals surface area contributed by atoms with Crippen molar-refractivity contribution >= 4 is 0 Å². The van der Waals surface area contributed by atoms with Gasteiger partial charge in [0.15, 0.2) is 0 Å². The van der Waals surface area contributed by atoms with Crippen LogP contribution in [-0.2, 0) is 6.61 Å². The first-order valence-corrected chi connectivity index (χ1v) is 9.09. The van der Waals surface area contributed by atoms with Crippen LogP contribution in [0.3, 0.4) is 0 Å². The van der Waals surface area contributed by atoms with Crippen LogP contribution in [0.4, 0.5) is 0 Å². The maximum absolute atomic E-state index is 10.9. The lowest BCUT2D eigenvalue weighted by Crippen LogP contribution is -2.27. The van der Waals surface area contributed by atoms with Gasteiger partial charge in [-0.05, 0) is 36.1 Å². The number of benzene rings is 2. The average Bonchev–Trinajstić information content (AvgIpc) is 2.93. The van der Waals surface area contributed by atoms with Crippen molar-refractivity contribution in [1.29, 1.82) is 5.26 Å². The number of hydrogen-bond donors (Lipinski definition) is 1. The molecule has 3 nitrogen and oxygen atoms in total.